The average molecular weight is 405 g/mol. The Bertz CT molecular complexity index is 681. The van der Waals surface area contributed by atoms with Crippen molar-refractivity contribution in [2.45, 2.75) is 76.8 Å². The molecule has 0 spiro atoms. The monoisotopic (exact) mass is 404 g/mol. The second-order valence-electron chi connectivity index (χ2n) is 11.2. The number of ether oxygens (including phenoxy) is 4. The van der Waals surface area contributed by atoms with Gasteiger partial charge in [0.1, 0.15) is 6.29 Å². The summed E-state index contributed by atoms with van der Waals surface area (Å²) < 4.78 is 25.7. The zero-order valence-electron chi connectivity index (χ0n) is 18.0. The molecule has 6 fully saturated rings. The normalized spacial score (nSPS) is 58.9. The lowest BCUT2D eigenvalue weighted by atomic mass is 9.43. The molecule has 6 aliphatic rings. The molecule has 0 bridgehead atoms. The topological polar surface area (TPSA) is 54.0 Å². The Morgan fingerprint density at radius 1 is 0.828 bits per heavy atom. The van der Waals surface area contributed by atoms with Crippen LogP contribution in [0.1, 0.15) is 65.2 Å². The van der Waals surface area contributed by atoms with Gasteiger partial charge in [0.05, 0.1) is 26.4 Å². The van der Waals surface area contributed by atoms with Crippen molar-refractivity contribution in [1.29, 1.82) is 0 Å². The van der Waals surface area contributed by atoms with Crippen molar-refractivity contribution < 1.29 is 23.7 Å². The first-order valence-electron chi connectivity index (χ1n) is 12.0. The van der Waals surface area contributed by atoms with E-state index >= 15 is 0 Å². The van der Waals surface area contributed by atoms with Gasteiger partial charge in [0.2, 0.25) is 11.6 Å². The van der Waals surface area contributed by atoms with Crippen LogP contribution in [-0.4, -0.2) is 44.3 Å². The van der Waals surface area contributed by atoms with Crippen LogP contribution in [0, 0.1) is 40.4 Å². The molecular weight excluding hydrogens is 368 g/mol. The zero-order valence-corrected chi connectivity index (χ0v) is 18.0. The van der Waals surface area contributed by atoms with Gasteiger partial charge in [0, 0.05) is 17.8 Å². The summed E-state index contributed by atoms with van der Waals surface area (Å²) in [5, 5.41) is 0. The number of aldehydes is 1. The fourth-order valence-corrected chi connectivity index (χ4v) is 9.30. The predicted octanol–water partition coefficient (Wildman–Crippen LogP) is 3.94. The van der Waals surface area contributed by atoms with E-state index in [0.29, 0.717) is 55.5 Å². The van der Waals surface area contributed by atoms with Crippen molar-refractivity contribution in [1.82, 2.24) is 0 Å². The quantitative estimate of drug-likeness (QED) is 0.620. The Morgan fingerprint density at radius 2 is 1.55 bits per heavy atom. The van der Waals surface area contributed by atoms with Gasteiger partial charge in [-0.25, -0.2) is 0 Å². The minimum atomic E-state index is -0.785. The summed E-state index contributed by atoms with van der Waals surface area (Å²) in [6.07, 6.45) is 10.6. The van der Waals surface area contributed by atoms with Crippen LogP contribution in [-0.2, 0) is 23.7 Å². The summed E-state index contributed by atoms with van der Waals surface area (Å²) in [7, 11) is 0. The van der Waals surface area contributed by atoms with Crippen molar-refractivity contribution in [2.75, 3.05) is 26.4 Å². The highest BCUT2D eigenvalue weighted by Crippen LogP contribution is 2.73. The van der Waals surface area contributed by atoms with Gasteiger partial charge in [-0.1, -0.05) is 26.7 Å². The highest BCUT2D eigenvalue weighted by atomic mass is 16.8. The molecule has 162 valence electrons. The molecule has 0 aromatic carbocycles. The third-order valence-electron chi connectivity index (χ3n) is 10.4. The summed E-state index contributed by atoms with van der Waals surface area (Å²) in [6.45, 7) is 7.15. The molecule has 1 unspecified atom stereocenters. The third-order valence-corrected chi connectivity index (χ3v) is 10.4. The number of rotatable bonds is 1. The minimum absolute atomic E-state index is 0.125. The number of hydrogen-bond donors (Lipinski definition) is 0. The number of hydrogen-bond acceptors (Lipinski definition) is 5. The van der Waals surface area contributed by atoms with Crippen LogP contribution < -0.4 is 0 Å². The molecule has 0 aromatic rings. The molecule has 29 heavy (non-hydrogen) atoms. The molecule has 4 aliphatic carbocycles. The van der Waals surface area contributed by atoms with Crippen molar-refractivity contribution in [2.24, 2.45) is 40.4 Å². The fraction of sp³-hybridized carbons (Fsp3) is 0.958. The van der Waals surface area contributed by atoms with E-state index in [9.17, 15) is 4.79 Å². The third kappa shape index (κ3) is 2.19. The van der Waals surface area contributed by atoms with Gasteiger partial charge in [-0.15, -0.1) is 0 Å². The molecule has 4 saturated carbocycles. The summed E-state index contributed by atoms with van der Waals surface area (Å²) >= 11 is 0. The lowest BCUT2D eigenvalue weighted by molar-refractivity contribution is -0.474. The van der Waals surface area contributed by atoms with Crippen molar-refractivity contribution in [3.63, 3.8) is 0 Å². The standard InChI is InChI=1S/C24H36O5/c1-21-7-4-3-5-18(21)16(15-25)13-17-19(21)6-8-22(2)20(17)14-23-24(22,28-11-9-26-23)29-12-10-27-23/h15-20H,3-14H2,1-2H3/t16-,17+,18?,19-,20-,21-,22-,23?,24?/m0/s1. The van der Waals surface area contributed by atoms with Gasteiger partial charge in [0.15, 0.2) is 0 Å². The number of carbonyl (C=O) groups is 1. The summed E-state index contributed by atoms with van der Waals surface area (Å²) in [6, 6.07) is 0. The highest BCUT2D eigenvalue weighted by molar-refractivity contribution is 5.55. The molecule has 0 N–H and O–H groups in total. The zero-order chi connectivity index (χ0) is 19.9. The largest absolute Gasteiger partial charge is 0.343 e. The van der Waals surface area contributed by atoms with Gasteiger partial charge in [-0.3, -0.25) is 0 Å². The van der Waals surface area contributed by atoms with Gasteiger partial charge >= 0.3 is 0 Å². The molecule has 6 rings (SSSR count). The van der Waals surface area contributed by atoms with Gasteiger partial charge in [-0.2, -0.15) is 0 Å². The molecule has 2 heterocycles. The van der Waals surface area contributed by atoms with E-state index < -0.39 is 11.6 Å². The van der Waals surface area contributed by atoms with E-state index in [-0.39, 0.29) is 11.3 Å². The Hall–Kier alpha value is -0.490. The lowest BCUT2D eigenvalue weighted by Gasteiger charge is -2.63. The van der Waals surface area contributed by atoms with Crippen LogP contribution in [0.15, 0.2) is 0 Å². The molecule has 0 aromatic heterocycles. The smallest absolute Gasteiger partial charge is 0.229 e. The first-order chi connectivity index (χ1) is 14.0. The summed E-state index contributed by atoms with van der Waals surface area (Å²) in [4.78, 5) is 12.2. The van der Waals surface area contributed by atoms with Gasteiger partial charge in [-0.05, 0) is 61.2 Å². The first-order valence-corrected chi connectivity index (χ1v) is 12.0. The maximum Gasteiger partial charge on any atom is 0.229 e. The van der Waals surface area contributed by atoms with E-state index in [1.165, 1.54) is 38.4 Å². The first kappa shape index (κ1) is 19.2. The average Bonchev–Trinajstić information content (AvgIpc) is 2.99. The molecule has 7 atom stereocenters. The van der Waals surface area contributed by atoms with Crippen molar-refractivity contribution >= 4 is 6.29 Å². The van der Waals surface area contributed by atoms with Crippen LogP contribution in [0.4, 0.5) is 0 Å². The molecule has 5 heteroatoms. The lowest BCUT2D eigenvalue weighted by Crippen LogP contribution is -2.70. The van der Waals surface area contributed by atoms with E-state index in [4.69, 9.17) is 18.9 Å². The van der Waals surface area contributed by atoms with Gasteiger partial charge in [0.25, 0.3) is 0 Å². The van der Waals surface area contributed by atoms with E-state index in [1.807, 2.05) is 0 Å². The van der Waals surface area contributed by atoms with Crippen LogP contribution in [0.5, 0.6) is 0 Å². The second kappa shape index (κ2) is 6.27. The minimum Gasteiger partial charge on any atom is -0.343 e. The van der Waals surface area contributed by atoms with Gasteiger partial charge < -0.3 is 23.7 Å². The maximum absolute atomic E-state index is 12.2. The maximum atomic E-state index is 12.2. The second-order valence-corrected chi connectivity index (χ2v) is 11.2. The molecule has 2 saturated heterocycles. The number of fused-ring (bicyclic) bond motifs is 5. The van der Waals surface area contributed by atoms with Crippen LogP contribution in [0.25, 0.3) is 0 Å². The van der Waals surface area contributed by atoms with Crippen LogP contribution in [0.3, 0.4) is 0 Å². The summed E-state index contributed by atoms with van der Waals surface area (Å²) in [5.41, 5.74) is 0.173. The van der Waals surface area contributed by atoms with Crippen molar-refractivity contribution in [3.05, 3.63) is 0 Å². The van der Waals surface area contributed by atoms with Crippen molar-refractivity contribution in [3.8, 4) is 0 Å². The SMILES string of the molecule is C[C@]12CCCCC1[C@H](C=O)C[C@@H]1[C@@H]2CC[C@@]2(C)[C@H]1CC13OCCOC12OCCO3. The Kier molecular flexibility index (Phi) is 4.16. The van der Waals surface area contributed by atoms with E-state index in [1.54, 1.807) is 0 Å². The predicted molar refractivity (Wildman–Crippen MR) is 106 cm³/mol. The van der Waals surface area contributed by atoms with E-state index in [2.05, 4.69) is 13.8 Å². The molecule has 5 nitrogen and oxygen atoms in total. The van der Waals surface area contributed by atoms with Crippen LogP contribution >= 0.6 is 0 Å². The Labute approximate surface area is 174 Å². The number of carbonyl (C=O) groups excluding carboxylic acids is 1. The molecule has 2 aliphatic heterocycles. The Balaban J connectivity index is 1.43. The molecule has 0 radical (unpaired) electrons. The molecule has 0 amide bonds. The summed E-state index contributed by atoms with van der Waals surface area (Å²) in [5.74, 6) is 0.858. The molecular formula is C24H36O5. The van der Waals surface area contributed by atoms with E-state index in [0.717, 1.165) is 19.3 Å². The Morgan fingerprint density at radius 3 is 2.28 bits per heavy atom. The highest BCUT2D eigenvalue weighted by Gasteiger charge is 2.79. The fourth-order valence-electron chi connectivity index (χ4n) is 9.30. The van der Waals surface area contributed by atoms with Crippen LogP contribution in [0.2, 0.25) is 0 Å².